The van der Waals surface area contributed by atoms with E-state index in [0.717, 1.165) is 65.9 Å². The zero-order valence-corrected chi connectivity index (χ0v) is 33.2. The van der Waals surface area contributed by atoms with Crippen molar-refractivity contribution in [2.75, 3.05) is 40.5 Å². The summed E-state index contributed by atoms with van der Waals surface area (Å²) in [5.41, 5.74) is 2.63. The van der Waals surface area contributed by atoms with Crippen molar-refractivity contribution in [2.45, 2.75) is 82.1 Å². The van der Waals surface area contributed by atoms with Crippen LogP contribution in [0.15, 0.2) is 109 Å². The summed E-state index contributed by atoms with van der Waals surface area (Å²) in [6.07, 6.45) is 4.70. The van der Waals surface area contributed by atoms with Crippen LogP contribution >= 0.6 is 0 Å². The summed E-state index contributed by atoms with van der Waals surface area (Å²) < 4.78 is 23.2. The first-order valence-electron chi connectivity index (χ1n) is 20.0. The number of likely N-dealkylation sites (tertiary alicyclic amines) is 1. The molecule has 0 aliphatic carbocycles. The van der Waals surface area contributed by atoms with Crippen LogP contribution in [0.3, 0.4) is 0 Å². The Morgan fingerprint density at radius 3 is 1.82 bits per heavy atom. The number of carbonyl (C=O) groups is 3. The fraction of sp³-hybridized carbons (Fsp3) is 0.413. The fourth-order valence-corrected chi connectivity index (χ4v) is 7.24. The van der Waals surface area contributed by atoms with Crippen molar-refractivity contribution < 1.29 is 38.4 Å². The minimum absolute atomic E-state index is 0.00561. The summed E-state index contributed by atoms with van der Waals surface area (Å²) >= 11 is 0. The number of methoxy groups -OCH3 is 2. The number of carbonyl (C=O) groups excluding carboxylic acids is 3. The Kier molecular flexibility index (Phi) is 16.8. The Balaban J connectivity index is 1.06. The Morgan fingerprint density at radius 1 is 0.684 bits per heavy atom. The molecule has 1 saturated heterocycles. The zero-order valence-electron chi connectivity index (χ0n) is 33.2. The van der Waals surface area contributed by atoms with Gasteiger partial charge in [-0.3, -0.25) is 9.59 Å². The molecule has 5 rings (SSSR count). The highest BCUT2D eigenvalue weighted by atomic mass is 16.5. The number of amides is 3. The molecule has 1 heterocycles. The van der Waals surface area contributed by atoms with Crippen LogP contribution in [-0.4, -0.2) is 80.5 Å². The molecule has 11 heteroatoms. The number of alkyl carbamates (subject to hydrolysis) is 1. The third-order valence-electron chi connectivity index (χ3n) is 10.3. The Morgan fingerprint density at radius 2 is 1.23 bits per heavy atom. The quantitative estimate of drug-likeness (QED) is 0.0567. The number of benzene rings is 4. The second-order valence-electron chi connectivity index (χ2n) is 14.4. The fourth-order valence-electron chi connectivity index (χ4n) is 7.24. The number of ether oxygens (including phenoxy) is 4. The van der Waals surface area contributed by atoms with E-state index in [1.807, 2.05) is 109 Å². The average molecular weight is 780 g/mol. The van der Waals surface area contributed by atoms with E-state index in [4.69, 9.17) is 18.9 Å². The first kappa shape index (κ1) is 42.7. The molecule has 11 nitrogen and oxygen atoms in total. The van der Waals surface area contributed by atoms with E-state index in [1.165, 1.54) is 0 Å². The number of nitrogens with zero attached hydrogens (tertiary/aromatic N) is 1. The molecule has 1 aliphatic heterocycles. The number of hydrogen-bond donors (Lipinski definition) is 3. The van der Waals surface area contributed by atoms with Crippen LogP contribution in [0.4, 0.5) is 4.79 Å². The molecule has 2 atom stereocenters. The molecule has 0 saturated carbocycles. The van der Waals surface area contributed by atoms with E-state index in [9.17, 15) is 19.5 Å². The number of hydrogen-bond acceptors (Lipinski definition) is 8. The molecule has 0 unspecified atom stereocenters. The lowest BCUT2D eigenvalue weighted by Crippen LogP contribution is -2.42. The van der Waals surface area contributed by atoms with Gasteiger partial charge in [0.2, 0.25) is 11.8 Å². The molecule has 3 N–H and O–H groups in total. The second kappa shape index (κ2) is 22.4. The van der Waals surface area contributed by atoms with E-state index >= 15 is 0 Å². The maximum absolute atomic E-state index is 13.6. The molecule has 1 aliphatic rings. The van der Waals surface area contributed by atoms with Gasteiger partial charge >= 0.3 is 6.09 Å². The van der Waals surface area contributed by atoms with Crippen LogP contribution in [0, 0.1) is 0 Å². The van der Waals surface area contributed by atoms with Crippen LogP contribution in [0.5, 0.6) is 11.5 Å². The summed E-state index contributed by atoms with van der Waals surface area (Å²) in [7, 11) is 3.27. The van der Waals surface area contributed by atoms with Crippen LogP contribution < -0.4 is 20.1 Å². The molecule has 1 fully saturated rings. The highest BCUT2D eigenvalue weighted by molar-refractivity contribution is 5.77. The molecule has 0 bridgehead atoms. The molecule has 57 heavy (non-hydrogen) atoms. The monoisotopic (exact) mass is 779 g/mol. The van der Waals surface area contributed by atoms with Gasteiger partial charge in [-0.2, -0.15) is 0 Å². The van der Waals surface area contributed by atoms with Gasteiger partial charge < -0.3 is 39.6 Å². The minimum atomic E-state index is -1.03. The molecule has 4 aromatic rings. The van der Waals surface area contributed by atoms with Crippen molar-refractivity contribution in [1.29, 1.82) is 0 Å². The topological polar surface area (TPSA) is 136 Å². The number of β-amino-alcohol motifs (C(OH)–C–C–N with tert-alkyl or cyclic N) is 1. The standard InChI is InChI=1S/C46H57N3O8/c1-54-41-25-21-37(22-26-41)46(36-17-9-4-10-18-36,38-23-27-42(55-2)28-24-38)57-34-39-31-40(50)32-49(39)44(52)20-12-6-13-29-47-43(51)19-11-5-14-30-48-45(53)56-33-35-15-7-3-8-16-35/h3-4,7-10,15-18,21-28,39-40,50H,5-6,11-14,19-20,29-34H2,1-2H3,(H,47,51)(H,48,53)/t39-,40+/m0/s1. The van der Waals surface area contributed by atoms with E-state index < -0.39 is 17.8 Å². The lowest BCUT2D eigenvalue weighted by Gasteiger charge is -2.38. The van der Waals surface area contributed by atoms with Crippen molar-refractivity contribution in [3.8, 4) is 11.5 Å². The lowest BCUT2D eigenvalue weighted by molar-refractivity contribution is -0.134. The largest absolute Gasteiger partial charge is 0.497 e. The van der Waals surface area contributed by atoms with Crippen LogP contribution in [0.2, 0.25) is 0 Å². The van der Waals surface area contributed by atoms with Gasteiger partial charge in [-0.25, -0.2) is 4.79 Å². The summed E-state index contributed by atoms with van der Waals surface area (Å²) in [5, 5.41) is 16.5. The summed E-state index contributed by atoms with van der Waals surface area (Å²) in [5.74, 6) is 1.45. The van der Waals surface area contributed by atoms with Gasteiger partial charge in [-0.15, -0.1) is 0 Å². The number of unbranched alkanes of at least 4 members (excludes halogenated alkanes) is 4. The third kappa shape index (κ3) is 12.6. The Bertz CT molecular complexity index is 1760. The van der Waals surface area contributed by atoms with Gasteiger partial charge in [0.1, 0.15) is 23.7 Å². The maximum atomic E-state index is 13.6. The molecule has 3 amide bonds. The molecule has 304 valence electrons. The van der Waals surface area contributed by atoms with Gasteiger partial charge in [-0.1, -0.05) is 97.8 Å². The number of nitrogens with one attached hydrogen (secondary N) is 2. The Labute approximate surface area is 336 Å². The SMILES string of the molecule is COc1ccc(C(OC[C@@H]2C[C@@H](O)CN2C(=O)CCCCCNC(=O)CCCCCNC(=O)OCc2ccccc2)(c2ccccc2)c2ccc(OC)cc2)cc1. The second-order valence-corrected chi connectivity index (χ2v) is 14.4. The predicted molar refractivity (Wildman–Crippen MR) is 219 cm³/mol. The predicted octanol–water partition coefficient (Wildman–Crippen LogP) is 7.14. The minimum Gasteiger partial charge on any atom is -0.497 e. The lowest BCUT2D eigenvalue weighted by atomic mass is 9.80. The summed E-state index contributed by atoms with van der Waals surface area (Å²) in [4.78, 5) is 39.5. The van der Waals surface area contributed by atoms with Gasteiger partial charge in [-0.05, 0) is 78.6 Å². The van der Waals surface area contributed by atoms with Crippen LogP contribution in [0.1, 0.15) is 80.0 Å². The van der Waals surface area contributed by atoms with Gasteiger partial charge in [0, 0.05) is 32.5 Å². The van der Waals surface area contributed by atoms with E-state index in [-0.39, 0.29) is 37.6 Å². The van der Waals surface area contributed by atoms with Crippen molar-refractivity contribution in [2.24, 2.45) is 0 Å². The van der Waals surface area contributed by atoms with E-state index in [2.05, 4.69) is 10.6 Å². The van der Waals surface area contributed by atoms with E-state index in [0.29, 0.717) is 38.8 Å². The van der Waals surface area contributed by atoms with Crippen LogP contribution in [0.25, 0.3) is 0 Å². The highest BCUT2D eigenvalue weighted by Crippen LogP contribution is 2.42. The zero-order chi connectivity index (χ0) is 40.3. The third-order valence-corrected chi connectivity index (χ3v) is 10.3. The van der Waals surface area contributed by atoms with Crippen molar-refractivity contribution in [1.82, 2.24) is 15.5 Å². The highest BCUT2D eigenvalue weighted by Gasteiger charge is 2.41. The maximum Gasteiger partial charge on any atom is 0.407 e. The average Bonchev–Trinajstić information content (AvgIpc) is 3.64. The van der Waals surface area contributed by atoms with Crippen molar-refractivity contribution in [3.63, 3.8) is 0 Å². The first-order chi connectivity index (χ1) is 27.8. The normalized spacial score (nSPS) is 15.2. The number of rotatable bonds is 22. The van der Waals surface area contributed by atoms with Gasteiger partial charge in [0.25, 0.3) is 0 Å². The molecule has 0 radical (unpaired) electrons. The molecule has 4 aromatic carbocycles. The molecular weight excluding hydrogens is 723 g/mol. The number of aliphatic hydroxyl groups excluding tert-OH is 1. The van der Waals surface area contributed by atoms with Crippen molar-refractivity contribution >= 4 is 17.9 Å². The molecule has 0 spiro atoms. The molecule has 0 aromatic heterocycles. The van der Waals surface area contributed by atoms with Crippen LogP contribution in [-0.2, 0) is 31.3 Å². The van der Waals surface area contributed by atoms with Gasteiger partial charge in [0.05, 0.1) is 33.0 Å². The van der Waals surface area contributed by atoms with Gasteiger partial charge in [0.15, 0.2) is 0 Å². The Hall–Kier alpha value is -5.39. The first-order valence-corrected chi connectivity index (χ1v) is 20.0. The number of aliphatic hydroxyl groups is 1. The smallest absolute Gasteiger partial charge is 0.407 e. The van der Waals surface area contributed by atoms with E-state index in [1.54, 1.807) is 19.1 Å². The van der Waals surface area contributed by atoms with Crippen molar-refractivity contribution in [3.05, 3.63) is 131 Å². The summed E-state index contributed by atoms with van der Waals surface area (Å²) in [6.45, 7) is 1.76. The summed E-state index contributed by atoms with van der Waals surface area (Å²) in [6, 6.07) is 34.9. The molecular formula is C46H57N3O8.